The first kappa shape index (κ1) is 15.8. The van der Waals surface area contributed by atoms with Crippen molar-refractivity contribution in [3.63, 3.8) is 0 Å². The number of hydrogen-bond acceptors (Lipinski definition) is 4. The van der Waals surface area contributed by atoms with Crippen molar-refractivity contribution in [3.05, 3.63) is 18.0 Å². The Hall–Kier alpha value is -1.75. The number of imidazole rings is 1. The predicted molar refractivity (Wildman–Crippen MR) is 94.8 cm³/mol. The van der Waals surface area contributed by atoms with Crippen LogP contribution in [-0.4, -0.2) is 29.4 Å². The summed E-state index contributed by atoms with van der Waals surface area (Å²) in [6.45, 7) is 8.12. The molecule has 5 heteroatoms. The van der Waals surface area contributed by atoms with Crippen molar-refractivity contribution in [2.75, 3.05) is 19.9 Å². The van der Waals surface area contributed by atoms with Gasteiger partial charge in [-0.3, -0.25) is 0 Å². The van der Waals surface area contributed by atoms with Crippen LogP contribution in [0.3, 0.4) is 0 Å². The normalized spacial score (nSPS) is 20.2. The number of nitrogens with one attached hydrogen (secondary N) is 1. The molecular formula is C19H27N3O2. The van der Waals surface area contributed by atoms with Crippen LogP contribution in [0.4, 0.5) is 0 Å². The second-order valence-corrected chi connectivity index (χ2v) is 7.00. The Morgan fingerprint density at radius 2 is 2.04 bits per heavy atom. The average Bonchev–Trinajstić information content (AvgIpc) is 3.20. The van der Waals surface area contributed by atoms with E-state index in [1.807, 2.05) is 6.07 Å². The molecule has 2 aliphatic rings. The van der Waals surface area contributed by atoms with Gasteiger partial charge in [0.1, 0.15) is 5.82 Å². The fourth-order valence-electron chi connectivity index (χ4n) is 4.03. The maximum absolute atomic E-state index is 5.60. The van der Waals surface area contributed by atoms with Crippen molar-refractivity contribution < 1.29 is 9.47 Å². The molecule has 0 bridgehead atoms. The van der Waals surface area contributed by atoms with Crippen molar-refractivity contribution in [3.8, 4) is 11.5 Å². The van der Waals surface area contributed by atoms with Crippen LogP contribution in [0.1, 0.15) is 51.3 Å². The van der Waals surface area contributed by atoms with Crippen molar-refractivity contribution >= 4 is 11.0 Å². The van der Waals surface area contributed by atoms with Gasteiger partial charge in [0, 0.05) is 24.6 Å². The van der Waals surface area contributed by atoms with Gasteiger partial charge in [-0.15, -0.1) is 0 Å². The molecule has 1 unspecified atom stereocenters. The van der Waals surface area contributed by atoms with Crippen LogP contribution in [0.5, 0.6) is 11.5 Å². The van der Waals surface area contributed by atoms with Gasteiger partial charge in [-0.25, -0.2) is 4.98 Å². The number of fused-ring (bicyclic) bond motifs is 2. The van der Waals surface area contributed by atoms with Gasteiger partial charge >= 0.3 is 0 Å². The monoisotopic (exact) mass is 329 g/mol. The van der Waals surface area contributed by atoms with Crippen LogP contribution >= 0.6 is 0 Å². The lowest BCUT2D eigenvalue weighted by Crippen LogP contribution is -2.32. The van der Waals surface area contributed by atoms with E-state index in [2.05, 4.69) is 29.8 Å². The van der Waals surface area contributed by atoms with Gasteiger partial charge in [-0.05, 0) is 44.7 Å². The van der Waals surface area contributed by atoms with Gasteiger partial charge in [0.05, 0.1) is 11.0 Å². The predicted octanol–water partition coefficient (Wildman–Crippen LogP) is 3.67. The van der Waals surface area contributed by atoms with E-state index in [9.17, 15) is 0 Å². The molecule has 130 valence electrons. The molecule has 4 rings (SSSR count). The molecule has 1 aromatic carbocycles. The molecule has 1 aromatic heterocycles. The third-order valence-corrected chi connectivity index (χ3v) is 5.46. The summed E-state index contributed by atoms with van der Waals surface area (Å²) >= 11 is 0. The Balaban J connectivity index is 1.78. The highest BCUT2D eigenvalue weighted by atomic mass is 16.7. The summed E-state index contributed by atoms with van der Waals surface area (Å²) in [5, 5.41) is 3.54. The highest BCUT2D eigenvalue weighted by Crippen LogP contribution is 2.38. The topological polar surface area (TPSA) is 48.3 Å². The standard InChI is InChI=1S/C19H27N3O2/c1-3-14(4-2)19-21-15-8-17-18(24-12-23-17)9-16(15)22(19)11-13-6-5-7-20-10-13/h8-9,13-14,20H,3-7,10-12H2,1-2H3. The Morgan fingerprint density at radius 1 is 1.25 bits per heavy atom. The Bertz CT molecular complexity index is 715. The number of nitrogens with zero attached hydrogens (tertiary/aromatic N) is 2. The average molecular weight is 329 g/mol. The first-order valence-corrected chi connectivity index (χ1v) is 9.30. The smallest absolute Gasteiger partial charge is 0.231 e. The Kier molecular flexibility index (Phi) is 4.35. The zero-order chi connectivity index (χ0) is 16.5. The van der Waals surface area contributed by atoms with Crippen LogP contribution in [0, 0.1) is 5.92 Å². The number of rotatable bonds is 5. The van der Waals surface area contributed by atoms with E-state index in [0.717, 1.165) is 49.5 Å². The van der Waals surface area contributed by atoms with E-state index < -0.39 is 0 Å². The molecule has 0 radical (unpaired) electrons. The third kappa shape index (κ3) is 2.75. The molecule has 24 heavy (non-hydrogen) atoms. The summed E-state index contributed by atoms with van der Waals surface area (Å²) in [6, 6.07) is 4.16. The number of ether oxygens (including phenoxy) is 2. The summed E-state index contributed by atoms with van der Waals surface area (Å²) in [6.07, 6.45) is 4.80. The Morgan fingerprint density at radius 3 is 2.75 bits per heavy atom. The fraction of sp³-hybridized carbons (Fsp3) is 0.632. The van der Waals surface area contributed by atoms with Gasteiger partial charge in [0.25, 0.3) is 0 Å². The maximum atomic E-state index is 5.60. The molecule has 5 nitrogen and oxygen atoms in total. The minimum absolute atomic E-state index is 0.313. The molecule has 3 heterocycles. The molecule has 1 saturated heterocycles. The van der Waals surface area contributed by atoms with E-state index in [1.54, 1.807) is 0 Å². The lowest BCUT2D eigenvalue weighted by atomic mass is 9.98. The van der Waals surface area contributed by atoms with E-state index >= 15 is 0 Å². The maximum Gasteiger partial charge on any atom is 0.231 e. The highest BCUT2D eigenvalue weighted by molar-refractivity contribution is 5.81. The van der Waals surface area contributed by atoms with E-state index in [1.165, 1.54) is 24.2 Å². The van der Waals surface area contributed by atoms with Crippen molar-refractivity contribution in [2.24, 2.45) is 5.92 Å². The SMILES string of the molecule is CCC(CC)c1nc2cc3c(cc2n1CC1CCCNC1)OCO3. The molecule has 2 aliphatic heterocycles. The molecule has 0 aliphatic carbocycles. The van der Waals surface area contributed by atoms with Gasteiger partial charge in [-0.1, -0.05) is 13.8 Å². The summed E-state index contributed by atoms with van der Waals surface area (Å²) < 4.78 is 13.6. The number of benzene rings is 1. The Labute approximate surface area is 143 Å². The number of aromatic nitrogens is 2. The summed E-state index contributed by atoms with van der Waals surface area (Å²) in [5.41, 5.74) is 2.22. The summed E-state index contributed by atoms with van der Waals surface area (Å²) in [4.78, 5) is 5.00. The molecule has 0 spiro atoms. The van der Waals surface area contributed by atoms with Crippen LogP contribution in [0.15, 0.2) is 12.1 Å². The third-order valence-electron chi connectivity index (χ3n) is 5.46. The minimum Gasteiger partial charge on any atom is -0.454 e. The van der Waals surface area contributed by atoms with E-state index in [4.69, 9.17) is 14.5 Å². The van der Waals surface area contributed by atoms with Gasteiger partial charge in [0.15, 0.2) is 11.5 Å². The summed E-state index contributed by atoms with van der Waals surface area (Å²) in [7, 11) is 0. The van der Waals surface area contributed by atoms with E-state index in [-0.39, 0.29) is 0 Å². The molecule has 1 atom stereocenters. The zero-order valence-corrected chi connectivity index (χ0v) is 14.7. The van der Waals surface area contributed by atoms with Crippen molar-refractivity contribution in [1.82, 2.24) is 14.9 Å². The lowest BCUT2D eigenvalue weighted by molar-refractivity contribution is 0.174. The van der Waals surface area contributed by atoms with Crippen molar-refractivity contribution in [2.45, 2.75) is 52.0 Å². The van der Waals surface area contributed by atoms with Gasteiger partial charge in [0.2, 0.25) is 6.79 Å². The zero-order valence-electron chi connectivity index (χ0n) is 14.7. The number of hydrogen-bond donors (Lipinski definition) is 1. The quantitative estimate of drug-likeness (QED) is 0.909. The second-order valence-electron chi connectivity index (χ2n) is 7.00. The van der Waals surface area contributed by atoms with E-state index in [0.29, 0.717) is 18.6 Å². The summed E-state index contributed by atoms with van der Waals surface area (Å²) in [5.74, 6) is 4.08. The molecule has 1 fully saturated rings. The van der Waals surface area contributed by atoms with Crippen LogP contribution < -0.4 is 14.8 Å². The highest BCUT2D eigenvalue weighted by Gasteiger charge is 2.24. The number of piperidine rings is 1. The molecule has 2 aromatic rings. The van der Waals surface area contributed by atoms with Crippen LogP contribution in [-0.2, 0) is 6.54 Å². The van der Waals surface area contributed by atoms with Crippen molar-refractivity contribution in [1.29, 1.82) is 0 Å². The minimum atomic E-state index is 0.313. The van der Waals surface area contributed by atoms with Gasteiger partial charge in [-0.2, -0.15) is 0 Å². The van der Waals surface area contributed by atoms with Gasteiger partial charge < -0.3 is 19.4 Å². The first-order chi connectivity index (χ1) is 11.8. The largest absolute Gasteiger partial charge is 0.454 e. The first-order valence-electron chi connectivity index (χ1n) is 9.30. The van der Waals surface area contributed by atoms with Crippen LogP contribution in [0.2, 0.25) is 0 Å². The molecule has 0 saturated carbocycles. The molecule has 0 amide bonds. The second kappa shape index (κ2) is 6.63. The molecule has 1 N–H and O–H groups in total. The fourth-order valence-corrected chi connectivity index (χ4v) is 4.03. The van der Waals surface area contributed by atoms with Crippen LogP contribution in [0.25, 0.3) is 11.0 Å². The molecular weight excluding hydrogens is 302 g/mol. The lowest BCUT2D eigenvalue weighted by Gasteiger charge is -2.25.